The molecule has 0 aliphatic heterocycles. The highest BCUT2D eigenvalue weighted by atomic mass is 16.3. The lowest BCUT2D eigenvalue weighted by atomic mass is 9.99. The fourth-order valence-electron chi connectivity index (χ4n) is 8.77. The zero-order valence-electron chi connectivity index (χ0n) is 30.5. The molecule has 0 unspecified atom stereocenters. The van der Waals surface area contributed by atoms with E-state index in [1.54, 1.807) is 0 Å². The van der Waals surface area contributed by atoms with E-state index in [9.17, 15) is 0 Å². The van der Waals surface area contributed by atoms with Crippen LogP contribution in [0, 0.1) is 0 Å². The number of hydrogen-bond acceptors (Lipinski definition) is 4. The van der Waals surface area contributed by atoms with Crippen molar-refractivity contribution in [1.82, 2.24) is 24.1 Å². The third kappa shape index (κ3) is 4.74. The first-order valence-corrected chi connectivity index (χ1v) is 19.1. The smallest absolute Gasteiger partial charge is 0.238 e. The summed E-state index contributed by atoms with van der Waals surface area (Å²) in [5.74, 6) is 1.67. The van der Waals surface area contributed by atoms with Gasteiger partial charge in [-0.2, -0.15) is 9.97 Å². The summed E-state index contributed by atoms with van der Waals surface area (Å²) < 4.78 is 11.4. The van der Waals surface area contributed by atoms with E-state index in [0.29, 0.717) is 17.6 Å². The summed E-state index contributed by atoms with van der Waals surface area (Å²) in [5.41, 5.74) is 11.0. The van der Waals surface area contributed by atoms with Gasteiger partial charge >= 0.3 is 0 Å². The van der Waals surface area contributed by atoms with Gasteiger partial charge in [0, 0.05) is 32.5 Å². The molecular formula is C51H31N5O. The Morgan fingerprint density at radius 1 is 0.351 bits per heavy atom. The summed E-state index contributed by atoms with van der Waals surface area (Å²) >= 11 is 0. The summed E-state index contributed by atoms with van der Waals surface area (Å²) in [4.78, 5) is 15.6. The zero-order valence-corrected chi connectivity index (χ0v) is 30.5. The van der Waals surface area contributed by atoms with Crippen molar-refractivity contribution >= 4 is 65.6 Å². The second-order valence-electron chi connectivity index (χ2n) is 14.4. The summed E-state index contributed by atoms with van der Waals surface area (Å²) in [5, 5.41) is 6.73. The van der Waals surface area contributed by atoms with Gasteiger partial charge in [-0.1, -0.05) is 146 Å². The van der Waals surface area contributed by atoms with Crippen LogP contribution in [0.15, 0.2) is 192 Å². The molecular weight excluding hydrogens is 699 g/mol. The monoisotopic (exact) mass is 729 g/mol. The number of fused-ring (bicyclic) bond motifs is 9. The number of hydrogen-bond donors (Lipinski definition) is 0. The summed E-state index contributed by atoms with van der Waals surface area (Å²) in [6.45, 7) is 0. The Morgan fingerprint density at radius 3 is 1.63 bits per heavy atom. The van der Waals surface area contributed by atoms with Gasteiger partial charge in [0.1, 0.15) is 11.2 Å². The first kappa shape index (κ1) is 31.5. The van der Waals surface area contributed by atoms with E-state index in [1.807, 2.05) is 30.3 Å². The van der Waals surface area contributed by atoms with Crippen LogP contribution >= 0.6 is 0 Å². The minimum atomic E-state index is 0.538. The number of benzene rings is 8. The van der Waals surface area contributed by atoms with E-state index in [-0.39, 0.29) is 0 Å². The molecule has 57 heavy (non-hydrogen) atoms. The topological polar surface area (TPSA) is 61.7 Å². The van der Waals surface area contributed by atoms with Gasteiger partial charge in [0.05, 0.1) is 38.7 Å². The molecule has 12 aromatic rings. The van der Waals surface area contributed by atoms with Crippen molar-refractivity contribution in [3.63, 3.8) is 0 Å². The molecule has 266 valence electrons. The SMILES string of the molecule is c1ccc(-c2nc(-c3cccc4c3oc3cccc(-n5c6ccccc6c6c(-c7ccccc7)cccc65)c34)nc(-n3c4ccccc4c4ccccc43)n2)cc1. The molecule has 12 rings (SSSR count). The molecule has 0 N–H and O–H groups in total. The van der Waals surface area contributed by atoms with Crippen molar-refractivity contribution in [2.24, 2.45) is 0 Å². The van der Waals surface area contributed by atoms with Crippen LogP contribution in [-0.2, 0) is 0 Å². The zero-order chi connectivity index (χ0) is 37.5. The Kier molecular flexibility index (Phi) is 6.83. The highest BCUT2D eigenvalue weighted by molar-refractivity contribution is 6.19. The first-order chi connectivity index (χ1) is 28.3. The number of nitrogens with zero attached hydrogens (tertiary/aromatic N) is 5. The maximum absolute atomic E-state index is 6.89. The third-order valence-corrected chi connectivity index (χ3v) is 11.2. The first-order valence-electron chi connectivity index (χ1n) is 19.1. The van der Waals surface area contributed by atoms with Gasteiger partial charge < -0.3 is 8.98 Å². The molecule has 4 heterocycles. The van der Waals surface area contributed by atoms with Crippen molar-refractivity contribution in [2.45, 2.75) is 0 Å². The van der Waals surface area contributed by atoms with E-state index in [2.05, 4.69) is 167 Å². The average molecular weight is 730 g/mol. The second-order valence-corrected chi connectivity index (χ2v) is 14.4. The van der Waals surface area contributed by atoms with Gasteiger partial charge in [-0.3, -0.25) is 4.57 Å². The molecule has 0 radical (unpaired) electrons. The maximum Gasteiger partial charge on any atom is 0.238 e. The van der Waals surface area contributed by atoms with Gasteiger partial charge in [0.2, 0.25) is 5.95 Å². The predicted octanol–water partition coefficient (Wildman–Crippen LogP) is 13.0. The van der Waals surface area contributed by atoms with Crippen LogP contribution in [0.5, 0.6) is 0 Å². The second kappa shape index (κ2) is 12.3. The average Bonchev–Trinajstić information content (AvgIpc) is 3.95. The molecule has 6 nitrogen and oxygen atoms in total. The van der Waals surface area contributed by atoms with Gasteiger partial charge in [-0.05, 0) is 53.6 Å². The summed E-state index contributed by atoms with van der Waals surface area (Å²) in [6, 6.07) is 65.5. The number of para-hydroxylation sites is 4. The Bertz CT molecular complexity index is 3470. The van der Waals surface area contributed by atoms with E-state index < -0.39 is 0 Å². The van der Waals surface area contributed by atoms with Crippen molar-refractivity contribution in [1.29, 1.82) is 0 Å². The van der Waals surface area contributed by atoms with E-state index in [4.69, 9.17) is 19.4 Å². The molecule has 0 bridgehead atoms. The molecule has 0 saturated heterocycles. The maximum atomic E-state index is 6.89. The van der Waals surface area contributed by atoms with E-state index in [1.165, 1.54) is 21.9 Å². The fraction of sp³-hybridized carbons (Fsp3) is 0. The highest BCUT2D eigenvalue weighted by Gasteiger charge is 2.23. The van der Waals surface area contributed by atoms with Gasteiger partial charge in [0.15, 0.2) is 11.6 Å². The minimum Gasteiger partial charge on any atom is -0.455 e. The Labute approximate surface area is 326 Å². The van der Waals surface area contributed by atoms with Crippen LogP contribution < -0.4 is 0 Å². The van der Waals surface area contributed by atoms with Gasteiger partial charge in [-0.15, -0.1) is 0 Å². The normalized spacial score (nSPS) is 11.9. The Morgan fingerprint density at radius 2 is 0.895 bits per heavy atom. The van der Waals surface area contributed by atoms with Crippen LogP contribution in [0.1, 0.15) is 0 Å². The Hall–Kier alpha value is -7.83. The molecule has 4 aromatic heterocycles. The van der Waals surface area contributed by atoms with Crippen LogP contribution in [0.3, 0.4) is 0 Å². The lowest BCUT2D eigenvalue weighted by molar-refractivity contribution is 0.669. The highest BCUT2D eigenvalue weighted by Crippen LogP contribution is 2.43. The van der Waals surface area contributed by atoms with Crippen molar-refractivity contribution < 1.29 is 4.42 Å². The molecule has 0 amide bonds. The Balaban J connectivity index is 1.12. The quantitative estimate of drug-likeness (QED) is 0.177. The molecule has 0 spiro atoms. The van der Waals surface area contributed by atoms with Crippen molar-refractivity contribution in [2.75, 3.05) is 0 Å². The van der Waals surface area contributed by atoms with Crippen molar-refractivity contribution in [3.05, 3.63) is 188 Å². The lowest BCUT2D eigenvalue weighted by Crippen LogP contribution is -2.06. The van der Waals surface area contributed by atoms with Crippen LogP contribution in [-0.4, -0.2) is 24.1 Å². The van der Waals surface area contributed by atoms with Crippen molar-refractivity contribution in [3.8, 4) is 45.5 Å². The number of furan rings is 1. The lowest BCUT2D eigenvalue weighted by Gasteiger charge is -2.11. The van der Waals surface area contributed by atoms with E-state index in [0.717, 1.165) is 71.6 Å². The number of rotatable bonds is 5. The molecule has 0 aliphatic carbocycles. The molecule has 0 aliphatic rings. The van der Waals surface area contributed by atoms with E-state index >= 15 is 0 Å². The molecule has 8 aromatic carbocycles. The molecule has 0 atom stereocenters. The summed E-state index contributed by atoms with van der Waals surface area (Å²) in [6.07, 6.45) is 0. The molecule has 0 saturated carbocycles. The molecule has 6 heteroatoms. The summed E-state index contributed by atoms with van der Waals surface area (Å²) in [7, 11) is 0. The fourth-order valence-corrected chi connectivity index (χ4v) is 8.77. The molecule has 0 fully saturated rings. The van der Waals surface area contributed by atoms with Crippen LogP contribution in [0.2, 0.25) is 0 Å². The van der Waals surface area contributed by atoms with Crippen LogP contribution in [0.25, 0.3) is 111 Å². The third-order valence-electron chi connectivity index (χ3n) is 11.2. The van der Waals surface area contributed by atoms with Gasteiger partial charge in [0.25, 0.3) is 0 Å². The van der Waals surface area contributed by atoms with Gasteiger partial charge in [-0.25, -0.2) is 4.98 Å². The standard InChI is InChI=1S/C51H31N5O/c1-3-16-32(17-4-1)34-23-14-29-43-46(34)37-22-9-12-28-42(37)55(43)44-30-15-31-45-47(44)38-24-13-25-39(48(38)57-45)50-52-49(33-18-5-2-6-19-33)53-51(54-50)56-40-26-10-7-20-35(40)36-21-8-11-27-41(36)56/h1-31H. The minimum absolute atomic E-state index is 0.538. The van der Waals surface area contributed by atoms with Crippen LogP contribution in [0.4, 0.5) is 0 Å². The number of aromatic nitrogens is 5. The predicted molar refractivity (Wildman–Crippen MR) is 232 cm³/mol. The largest absolute Gasteiger partial charge is 0.455 e.